The number of hydrogen-bond donors (Lipinski definition) is 1. The van der Waals surface area contributed by atoms with Gasteiger partial charge in [0.05, 0.1) is 11.0 Å². The highest BCUT2D eigenvalue weighted by atomic mass is 32.2. The van der Waals surface area contributed by atoms with Gasteiger partial charge in [0.25, 0.3) is 5.69 Å². The molecule has 2 aromatic carbocycles. The van der Waals surface area contributed by atoms with Crippen LogP contribution in [0.25, 0.3) is 0 Å². The van der Waals surface area contributed by atoms with Gasteiger partial charge in [-0.1, -0.05) is 12.1 Å². The lowest BCUT2D eigenvalue weighted by Crippen LogP contribution is -2.05. The maximum atomic E-state index is 13.7. The number of nitro groups is 1. The molecule has 0 aromatic heterocycles. The third-order valence-electron chi connectivity index (χ3n) is 2.86. The molecule has 7 heteroatoms. The van der Waals surface area contributed by atoms with Crippen molar-refractivity contribution in [3.8, 4) is 0 Å². The Labute approximate surface area is 124 Å². The van der Waals surface area contributed by atoms with Gasteiger partial charge in [0, 0.05) is 17.5 Å². The molecule has 4 nitrogen and oxygen atoms in total. The van der Waals surface area contributed by atoms with E-state index >= 15 is 0 Å². The zero-order valence-corrected chi connectivity index (χ0v) is 11.9. The summed E-state index contributed by atoms with van der Waals surface area (Å²) in [5.41, 5.74) is -0.0885. The number of nitrogens with zero attached hydrogens (tertiary/aromatic N) is 1. The summed E-state index contributed by atoms with van der Waals surface area (Å²) in [6.07, 6.45) is 1.95. The van der Waals surface area contributed by atoms with Crippen LogP contribution in [0, 0.1) is 21.7 Å². The average Bonchev–Trinajstić information content (AvgIpc) is 2.46. The zero-order valence-electron chi connectivity index (χ0n) is 11.1. The van der Waals surface area contributed by atoms with Gasteiger partial charge in [-0.25, -0.2) is 8.78 Å². The lowest BCUT2D eigenvalue weighted by atomic mass is 10.2. The minimum Gasteiger partial charge on any atom is -0.373 e. The first-order valence-corrected chi connectivity index (χ1v) is 7.24. The van der Waals surface area contributed by atoms with E-state index in [2.05, 4.69) is 5.32 Å². The molecular formula is C14H12F2N2O2S. The minimum atomic E-state index is -0.984. The van der Waals surface area contributed by atoms with Gasteiger partial charge in [-0.15, -0.1) is 11.8 Å². The molecule has 0 radical (unpaired) electrons. The lowest BCUT2D eigenvalue weighted by molar-refractivity contribution is -0.384. The summed E-state index contributed by atoms with van der Waals surface area (Å²) in [5.74, 6) is -1.96. The summed E-state index contributed by atoms with van der Waals surface area (Å²) < 4.78 is 26.7. The normalized spacial score (nSPS) is 10.4. The topological polar surface area (TPSA) is 55.2 Å². The fourth-order valence-corrected chi connectivity index (χ4v) is 2.22. The maximum absolute atomic E-state index is 13.7. The van der Waals surface area contributed by atoms with Crippen LogP contribution >= 0.6 is 11.8 Å². The van der Waals surface area contributed by atoms with Crippen molar-refractivity contribution in [3.05, 3.63) is 63.7 Å². The van der Waals surface area contributed by atoms with Crippen LogP contribution < -0.4 is 5.32 Å². The molecule has 0 spiro atoms. The molecule has 0 aliphatic heterocycles. The molecule has 0 unspecified atom stereocenters. The van der Waals surface area contributed by atoms with Crippen molar-refractivity contribution in [2.24, 2.45) is 0 Å². The third kappa shape index (κ3) is 3.69. The van der Waals surface area contributed by atoms with E-state index in [1.54, 1.807) is 11.8 Å². The van der Waals surface area contributed by atoms with Crippen LogP contribution in [0.5, 0.6) is 0 Å². The molecule has 21 heavy (non-hydrogen) atoms. The van der Waals surface area contributed by atoms with Gasteiger partial charge in [0.15, 0.2) is 5.82 Å². The van der Waals surface area contributed by atoms with Crippen molar-refractivity contribution in [2.45, 2.75) is 11.4 Å². The molecule has 0 saturated carbocycles. The largest absolute Gasteiger partial charge is 0.373 e. The number of nitrogens with one attached hydrogen (secondary N) is 1. The van der Waals surface area contributed by atoms with Crippen LogP contribution in [0.1, 0.15) is 5.56 Å². The number of thioether (sulfide) groups is 1. The Balaban J connectivity index is 2.20. The molecular weight excluding hydrogens is 298 g/mol. The first-order chi connectivity index (χ1) is 10.0. The molecule has 0 bridgehead atoms. The first-order valence-electron chi connectivity index (χ1n) is 6.01. The highest BCUT2D eigenvalue weighted by Gasteiger charge is 2.20. The SMILES string of the molecule is CSc1ccc(CNc2c(F)cc(F)cc2[N+](=O)[O-])cc1. The summed E-state index contributed by atoms with van der Waals surface area (Å²) in [7, 11) is 0. The van der Waals surface area contributed by atoms with E-state index in [-0.39, 0.29) is 12.2 Å². The summed E-state index contributed by atoms with van der Waals surface area (Å²) in [6.45, 7) is 0.206. The quantitative estimate of drug-likeness (QED) is 0.511. The maximum Gasteiger partial charge on any atom is 0.298 e. The van der Waals surface area contributed by atoms with E-state index in [4.69, 9.17) is 0 Å². The predicted octanol–water partition coefficient (Wildman–Crippen LogP) is 4.21. The molecule has 0 amide bonds. The minimum absolute atomic E-state index is 0.206. The van der Waals surface area contributed by atoms with Gasteiger partial charge in [-0.05, 0) is 24.0 Å². The monoisotopic (exact) mass is 310 g/mol. The molecule has 1 N–H and O–H groups in total. The van der Waals surface area contributed by atoms with Gasteiger partial charge in [0.1, 0.15) is 11.5 Å². The van der Waals surface area contributed by atoms with Crippen molar-refractivity contribution < 1.29 is 13.7 Å². The van der Waals surface area contributed by atoms with Crippen molar-refractivity contribution >= 4 is 23.1 Å². The second-order valence-electron chi connectivity index (χ2n) is 4.24. The van der Waals surface area contributed by atoms with Gasteiger partial charge in [-0.3, -0.25) is 10.1 Å². The molecule has 0 fully saturated rings. The molecule has 0 atom stereocenters. The summed E-state index contributed by atoms with van der Waals surface area (Å²) in [6, 6.07) is 8.79. The Morgan fingerprint density at radius 2 is 1.90 bits per heavy atom. The molecule has 0 heterocycles. The number of anilines is 1. The van der Waals surface area contributed by atoms with Crippen LogP contribution in [0.15, 0.2) is 41.3 Å². The molecule has 110 valence electrons. The molecule has 0 saturated heterocycles. The van der Waals surface area contributed by atoms with Crippen molar-refractivity contribution in [2.75, 3.05) is 11.6 Å². The van der Waals surface area contributed by atoms with E-state index in [9.17, 15) is 18.9 Å². The van der Waals surface area contributed by atoms with Crippen LogP contribution in [0.4, 0.5) is 20.2 Å². The molecule has 0 aliphatic carbocycles. The van der Waals surface area contributed by atoms with E-state index in [0.717, 1.165) is 10.5 Å². The van der Waals surface area contributed by atoms with Gasteiger partial charge in [-0.2, -0.15) is 0 Å². The van der Waals surface area contributed by atoms with Crippen LogP contribution in [-0.2, 0) is 6.54 Å². The van der Waals surface area contributed by atoms with Crippen molar-refractivity contribution in [1.82, 2.24) is 0 Å². The van der Waals surface area contributed by atoms with E-state index < -0.39 is 22.2 Å². The Bertz CT molecular complexity index is 663. The zero-order chi connectivity index (χ0) is 15.4. The fourth-order valence-electron chi connectivity index (χ4n) is 1.81. The molecule has 2 rings (SSSR count). The van der Waals surface area contributed by atoms with Gasteiger partial charge < -0.3 is 5.32 Å². The van der Waals surface area contributed by atoms with Crippen LogP contribution in [0.3, 0.4) is 0 Å². The Kier molecular flexibility index (Phi) is 4.74. The Morgan fingerprint density at radius 1 is 1.24 bits per heavy atom. The average molecular weight is 310 g/mol. The number of halogens is 2. The number of rotatable bonds is 5. The standard InChI is InChI=1S/C14H12F2N2O2S/c1-21-11-4-2-9(3-5-11)8-17-14-12(16)6-10(15)7-13(14)18(19)20/h2-7,17H,8H2,1H3. The van der Waals surface area contributed by atoms with Crippen LogP contribution in [-0.4, -0.2) is 11.2 Å². The summed E-state index contributed by atoms with van der Waals surface area (Å²) in [5, 5.41) is 13.5. The second kappa shape index (κ2) is 6.53. The molecule has 2 aromatic rings. The third-order valence-corrected chi connectivity index (χ3v) is 3.60. The Morgan fingerprint density at radius 3 is 2.48 bits per heavy atom. The fraction of sp³-hybridized carbons (Fsp3) is 0.143. The van der Waals surface area contributed by atoms with E-state index in [1.165, 1.54) is 0 Å². The predicted molar refractivity (Wildman–Crippen MR) is 78.6 cm³/mol. The van der Waals surface area contributed by atoms with Gasteiger partial charge >= 0.3 is 0 Å². The Hall–Kier alpha value is -2.15. The van der Waals surface area contributed by atoms with Crippen molar-refractivity contribution in [3.63, 3.8) is 0 Å². The number of hydrogen-bond acceptors (Lipinski definition) is 4. The first kappa shape index (κ1) is 15.2. The van der Waals surface area contributed by atoms with Gasteiger partial charge in [0.2, 0.25) is 0 Å². The van der Waals surface area contributed by atoms with E-state index in [1.807, 2.05) is 30.5 Å². The smallest absolute Gasteiger partial charge is 0.298 e. The summed E-state index contributed by atoms with van der Waals surface area (Å²) in [4.78, 5) is 11.1. The summed E-state index contributed by atoms with van der Waals surface area (Å²) >= 11 is 1.59. The number of nitro benzene ring substituents is 1. The second-order valence-corrected chi connectivity index (χ2v) is 5.12. The van der Waals surface area contributed by atoms with Crippen LogP contribution in [0.2, 0.25) is 0 Å². The highest BCUT2D eigenvalue weighted by Crippen LogP contribution is 2.29. The highest BCUT2D eigenvalue weighted by molar-refractivity contribution is 7.98. The molecule has 0 aliphatic rings. The van der Waals surface area contributed by atoms with E-state index in [0.29, 0.717) is 12.1 Å². The lowest BCUT2D eigenvalue weighted by Gasteiger charge is -2.09. The number of benzene rings is 2. The van der Waals surface area contributed by atoms with Crippen molar-refractivity contribution in [1.29, 1.82) is 0 Å².